The number of carbonyl (C=O) groups excluding carboxylic acids is 1. The molecule has 186 valence electrons. The largest absolute Gasteiger partial charge is 0.416 e. The van der Waals surface area contributed by atoms with Crippen molar-refractivity contribution >= 4 is 23.6 Å². The van der Waals surface area contributed by atoms with Crippen molar-refractivity contribution in [1.29, 1.82) is 0 Å². The zero-order valence-corrected chi connectivity index (χ0v) is 19.7. The molecule has 4 rings (SSSR count). The summed E-state index contributed by atoms with van der Waals surface area (Å²) in [5.74, 6) is 1.56. The lowest BCUT2D eigenvalue weighted by molar-refractivity contribution is -0.137. The number of nitrogen functional groups attached to an aromatic ring is 1. The number of pyridine rings is 1. The Balaban J connectivity index is 1.42. The summed E-state index contributed by atoms with van der Waals surface area (Å²) in [6, 6.07) is 10.5. The van der Waals surface area contributed by atoms with Crippen LogP contribution in [0.2, 0.25) is 0 Å². The first-order chi connectivity index (χ1) is 16.7. The van der Waals surface area contributed by atoms with Crippen molar-refractivity contribution in [2.24, 2.45) is 0 Å². The lowest BCUT2D eigenvalue weighted by Gasteiger charge is -2.33. The van der Waals surface area contributed by atoms with E-state index in [-0.39, 0.29) is 12.0 Å². The number of benzene rings is 1. The van der Waals surface area contributed by atoms with Crippen molar-refractivity contribution < 1.29 is 18.0 Å². The van der Waals surface area contributed by atoms with E-state index < -0.39 is 11.7 Å². The van der Waals surface area contributed by atoms with Crippen LogP contribution in [0.1, 0.15) is 53.3 Å². The Morgan fingerprint density at radius 2 is 1.86 bits per heavy atom. The number of halogens is 3. The molecule has 0 saturated carbocycles. The first-order valence-electron chi connectivity index (χ1n) is 11.6. The quantitative estimate of drug-likeness (QED) is 0.485. The molecule has 1 aliphatic rings. The Hall–Kier alpha value is -3.56. The van der Waals surface area contributed by atoms with Gasteiger partial charge in [0, 0.05) is 37.9 Å². The highest BCUT2D eigenvalue weighted by atomic mass is 19.4. The van der Waals surface area contributed by atoms with E-state index in [0.717, 1.165) is 55.7 Å². The molecular formula is C25H29F3N6O. The number of nitrogens with two attached hydrogens (primary N) is 1. The number of hydrogen-bond acceptors (Lipinski definition) is 6. The fourth-order valence-corrected chi connectivity index (χ4v) is 4.69. The highest BCUT2D eigenvalue weighted by Gasteiger charge is 2.30. The van der Waals surface area contributed by atoms with E-state index in [4.69, 9.17) is 5.73 Å². The molecule has 0 bridgehead atoms. The second-order valence-electron chi connectivity index (χ2n) is 9.00. The van der Waals surface area contributed by atoms with Crippen molar-refractivity contribution in [3.63, 3.8) is 0 Å². The molecule has 1 aromatic carbocycles. The zero-order chi connectivity index (χ0) is 25.2. The van der Waals surface area contributed by atoms with Crippen molar-refractivity contribution in [3.8, 4) is 0 Å². The molecule has 1 atom stereocenters. The number of hydrogen-bond donors (Lipinski definition) is 1. The Bertz CT molecular complexity index is 1150. The number of nitrogens with zero attached hydrogens (tertiary/aromatic N) is 5. The maximum Gasteiger partial charge on any atom is 0.416 e. The minimum atomic E-state index is -4.37. The second kappa shape index (κ2) is 9.97. The Morgan fingerprint density at radius 3 is 2.46 bits per heavy atom. The van der Waals surface area contributed by atoms with Gasteiger partial charge in [-0.1, -0.05) is 6.07 Å². The predicted molar refractivity (Wildman–Crippen MR) is 130 cm³/mol. The molecule has 0 radical (unpaired) electrons. The van der Waals surface area contributed by atoms with E-state index in [2.05, 4.69) is 15.0 Å². The number of piperidine rings is 1. The molecule has 0 spiro atoms. The zero-order valence-electron chi connectivity index (χ0n) is 19.7. The van der Waals surface area contributed by atoms with Crippen LogP contribution < -0.4 is 15.5 Å². The number of aldehydes is 1. The Labute approximate surface area is 202 Å². The van der Waals surface area contributed by atoms with Crippen LogP contribution in [-0.2, 0) is 6.18 Å². The third-order valence-corrected chi connectivity index (χ3v) is 6.58. The van der Waals surface area contributed by atoms with Gasteiger partial charge in [0.25, 0.3) is 0 Å². The monoisotopic (exact) mass is 486 g/mol. The van der Waals surface area contributed by atoms with Gasteiger partial charge in [-0.15, -0.1) is 0 Å². The molecule has 7 nitrogen and oxygen atoms in total. The minimum absolute atomic E-state index is 0.159. The van der Waals surface area contributed by atoms with E-state index >= 15 is 0 Å². The first-order valence-corrected chi connectivity index (χ1v) is 11.6. The second-order valence-corrected chi connectivity index (χ2v) is 9.00. The molecule has 1 fully saturated rings. The summed E-state index contributed by atoms with van der Waals surface area (Å²) < 4.78 is 40.3. The summed E-state index contributed by atoms with van der Waals surface area (Å²) in [4.78, 5) is 20.5. The summed E-state index contributed by atoms with van der Waals surface area (Å²) in [5, 5.41) is 4.51. The van der Waals surface area contributed by atoms with Gasteiger partial charge in [-0.05, 0) is 62.1 Å². The van der Waals surface area contributed by atoms with Gasteiger partial charge >= 0.3 is 6.18 Å². The van der Waals surface area contributed by atoms with Gasteiger partial charge in [0.2, 0.25) is 0 Å². The summed E-state index contributed by atoms with van der Waals surface area (Å²) in [7, 11) is 1.81. The van der Waals surface area contributed by atoms with Gasteiger partial charge in [-0.2, -0.15) is 18.3 Å². The standard InChI is InChI=1S/C25H29F3N6O/c1-17(15-32(2)20-8-6-19(7-9-20)25(26,27)28)34-22(16-35)21(14-30-34)18-10-12-33(13-11-18)24-5-3-4-23(29)31-24/h3-9,14,16-18H,10-13,15H2,1-2H3,(H2,29,31). The summed E-state index contributed by atoms with van der Waals surface area (Å²) >= 11 is 0. The highest BCUT2D eigenvalue weighted by molar-refractivity contribution is 5.75. The minimum Gasteiger partial charge on any atom is -0.384 e. The number of rotatable bonds is 7. The molecule has 35 heavy (non-hydrogen) atoms. The van der Waals surface area contributed by atoms with Crippen LogP contribution >= 0.6 is 0 Å². The molecule has 3 heterocycles. The molecule has 0 amide bonds. The third kappa shape index (κ3) is 5.41. The topological polar surface area (TPSA) is 80.3 Å². The van der Waals surface area contributed by atoms with Gasteiger partial charge < -0.3 is 15.5 Å². The fourth-order valence-electron chi connectivity index (χ4n) is 4.69. The van der Waals surface area contributed by atoms with Crippen LogP contribution in [0.4, 0.5) is 30.5 Å². The SMILES string of the molecule is CC(CN(C)c1ccc(C(F)(F)F)cc1)n1ncc(C2CCN(c3cccc(N)n3)CC2)c1C=O. The van der Waals surface area contributed by atoms with Crippen LogP contribution in [0.3, 0.4) is 0 Å². The van der Waals surface area contributed by atoms with Gasteiger partial charge in [0.15, 0.2) is 6.29 Å². The number of aromatic nitrogens is 3. The summed E-state index contributed by atoms with van der Waals surface area (Å²) in [6.07, 6.45) is -0.0121. The molecular weight excluding hydrogens is 457 g/mol. The summed E-state index contributed by atoms with van der Waals surface area (Å²) in [5.41, 5.74) is 7.28. The lowest BCUT2D eigenvalue weighted by Crippen LogP contribution is -2.33. The van der Waals surface area contributed by atoms with Crippen molar-refractivity contribution in [2.75, 3.05) is 42.2 Å². The number of anilines is 3. The van der Waals surface area contributed by atoms with Gasteiger partial charge in [0.05, 0.1) is 17.8 Å². The lowest BCUT2D eigenvalue weighted by atomic mass is 9.89. The van der Waals surface area contributed by atoms with E-state index in [0.29, 0.717) is 23.7 Å². The Morgan fingerprint density at radius 1 is 1.17 bits per heavy atom. The number of carbonyl (C=O) groups is 1. The highest BCUT2D eigenvalue weighted by Crippen LogP contribution is 2.33. The molecule has 1 saturated heterocycles. The van der Waals surface area contributed by atoms with Crippen molar-refractivity contribution in [1.82, 2.24) is 14.8 Å². The molecule has 2 N–H and O–H groups in total. The average Bonchev–Trinajstić information content (AvgIpc) is 3.28. The predicted octanol–water partition coefficient (Wildman–Crippen LogP) is 4.77. The van der Waals surface area contributed by atoms with Crippen LogP contribution in [0.25, 0.3) is 0 Å². The molecule has 0 aliphatic carbocycles. The van der Waals surface area contributed by atoms with Crippen LogP contribution in [0.5, 0.6) is 0 Å². The third-order valence-electron chi connectivity index (χ3n) is 6.58. The van der Waals surface area contributed by atoms with Crippen LogP contribution in [0.15, 0.2) is 48.7 Å². The molecule has 2 aromatic heterocycles. The van der Waals surface area contributed by atoms with Crippen molar-refractivity contribution in [2.45, 2.75) is 37.9 Å². The van der Waals surface area contributed by atoms with Gasteiger partial charge in [0.1, 0.15) is 17.3 Å². The van der Waals surface area contributed by atoms with Gasteiger partial charge in [-0.3, -0.25) is 9.48 Å². The van der Waals surface area contributed by atoms with E-state index in [1.54, 1.807) is 16.9 Å². The maximum atomic E-state index is 12.8. The smallest absolute Gasteiger partial charge is 0.384 e. The van der Waals surface area contributed by atoms with Gasteiger partial charge in [-0.25, -0.2) is 4.98 Å². The average molecular weight is 487 g/mol. The van der Waals surface area contributed by atoms with E-state index in [9.17, 15) is 18.0 Å². The molecule has 1 unspecified atom stereocenters. The molecule has 10 heteroatoms. The number of likely N-dealkylation sites (N-methyl/N-ethyl adjacent to an activating group) is 1. The summed E-state index contributed by atoms with van der Waals surface area (Å²) in [6.45, 7) is 4.03. The fraction of sp³-hybridized carbons (Fsp3) is 0.400. The van der Waals surface area contributed by atoms with Crippen molar-refractivity contribution in [3.05, 3.63) is 65.5 Å². The van der Waals surface area contributed by atoms with E-state index in [1.807, 2.05) is 31.0 Å². The van der Waals surface area contributed by atoms with Crippen LogP contribution in [0, 0.1) is 0 Å². The van der Waals surface area contributed by atoms with Crippen LogP contribution in [-0.4, -0.2) is 47.7 Å². The molecule has 1 aliphatic heterocycles. The van der Waals surface area contributed by atoms with E-state index in [1.165, 1.54) is 12.1 Å². The first kappa shape index (κ1) is 24.6. The molecule has 3 aromatic rings. The maximum absolute atomic E-state index is 12.8. The number of alkyl halides is 3. The Kier molecular flexibility index (Phi) is 7.00. The normalized spacial score (nSPS) is 15.7.